The number of carbonyl (C=O) groups is 2. The van der Waals surface area contributed by atoms with Crippen molar-refractivity contribution in [1.82, 2.24) is 0 Å². The monoisotopic (exact) mass is 612 g/mol. The van der Waals surface area contributed by atoms with Crippen molar-refractivity contribution in [2.75, 3.05) is 10.6 Å². The number of amides is 2. The Labute approximate surface area is 221 Å². The van der Waals surface area contributed by atoms with Gasteiger partial charge in [0.05, 0.1) is 0 Å². The van der Waals surface area contributed by atoms with Gasteiger partial charge >= 0.3 is 222 Å². The Morgan fingerprint density at radius 3 is 1.19 bits per heavy atom. The third kappa shape index (κ3) is 8.01. The van der Waals surface area contributed by atoms with E-state index in [2.05, 4.69) is 10.6 Å². The van der Waals surface area contributed by atoms with Crippen molar-refractivity contribution >= 4 is 58.7 Å². The fraction of sp³-hybridized carbons (Fsp3) is 0.0714. The number of anilines is 2. The molecule has 0 heterocycles. The van der Waals surface area contributed by atoms with Crippen LogP contribution in [0, 0.1) is 13.8 Å². The van der Waals surface area contributed by atoms with Gasteiger partial charge in [0.2, 0.25) is 0 Å². The molecule has 6 nitrogen and oxygen atoms in total. The van der Waals surface area contributed by atoms with Crippen molar-refractivity contribution in [3.05, 3.63) is 108 Å². The summed E-state index contributed by atoms with van der Waals surface area (Å²) >= 11 is 0.570. The number of rotatable bonds is 7. The number of hydrogen-bond acceptors (Lipinski definition) is 4. The number of nitrogens with one attached hydrogen (secondary N) is 2. The van der Waals surface area contributed by atoms with E-state index in [0.717, 1.165) is 11.1 Å². The van der Waals surface area contributed by atoms with Gasteiger partial charge in [0, 0.05) is 0 Å². The maximum atomic E-state index is 12.1. The zero-order valence-corrected chi connectivity index (χ0v) is 23.1. The van der Waals surface area contributed by atoms with Crippen LogP contribution >= 0.6 is 0 Å². The van der Waals surface area contributed by atoms with E-state index in [0.29, 0.717) is 22.9 Å². The van der Waals surface area contributed by atoms with Gasteiger partial charge in [-0.05, 0) is 0 Å². The molecule has 4 rings (SSSR count). The molecule has 4 aromatic carbocycles. The zero-order chi connectivity index (χ0) is 25.3. The van der Waals surface area contributed by atoms with Crippen molar-refractivity contribution < 1.29 is 19.1 Å². The zero-order valence-electron chi connectivity index (χ0n) is 19.7. The summed E-state index contributed by atoms with van der Waals surface area (Å²) in [6.07, 6.45) is -1.03. The minimum absolute atomic E-state index is 0.285. The Kier molecular flexibility index (Phi) is 8.82. The molecule has 2 amide bonds. The van der Waals surface area contributed by atoms with Gasteiger partial charge in [-0.25, -0.2) is 0 Å². The quantitative estimate of drug-likeness (QED) is 0.295. The number of hydrogen-bond donors (Lipinski definition) is 2. The Morgan fingerprint density at radius 1 is 0.528 bits per heavy atom. The fourth-order valence-electron chi connectivity index (χ4n) is 3.00. The molecule has 0 aromatic heterocycles. The molecule has 0 fully saturated rings. The first-order valence-corrected chi connectivity index (χ1v) is 17.1. The first kappa shape index (κ1) is 25.5. The van der Waals surface area contributed by atoms with Crippen LogP contribution in [0.3, 0.4) is 0 Å². The van der Waals surface area contributed by atoms with Crippen molar-refractivity contribution in [3.63, 3.8) is 0 Å². The summed E-state index contributed by atoms with van der Waals surface area (Å²) in [7, 11) is 0. The summed E-state index contributed by atoms with van der Waals surface area (Å²) in [6, 6.07) is 30.3. The van der Waals surface area contributed by atoms with Gasteiger partial charge in [0.1, 0.15) is 0 Å². The predicted molar refractivity (Wildman–Crippen MR) is 145 cm³/mol. The summed E-state index contributed by atoms with van der Waals surface area (Å²) in [5.74, 6) is 1.01. The van der Waals surface area contributed by atoms with Crippen LogP contribution in [0.15, 0.2) is 97.1 Å². The average Bonchev–Trinajstić information content (AvgIpc) is 2.87. The second kappa shape index (κ2) is 12.4. The summed E-state index contributed by atoms with van der Waals surface area (Å²) in [6.45, 7) is 3.96. The summed E-state index contributed by atoms with van der Waals surface area (Å²) in [4.78, 5) is 24.2. The molecule has 2 N–H and O–H groups in total. The van der Waals surface area contributed by atoms with E-state index in [-0.39, 0.29) is 26.3 Å². The molecule has 8 heteroatoms. The first-order valence-electron chi connectivity index (χ1n) is 11.1. The van der Waals surface area contributed by atoms with Crippen molar-refractivity contribution in [2.45, 2.75) is 13.8 Å². The average molecular weight is 610 g/mol. The Balaban J connectivity index is 1.22. The van der Waals surface area contributed by atoms with E-state index in [4.69, 9.17) is 9.47 Å². The van der Waals surface area contributed by atoms with Gasteiger partial charge in [0.15, 0.2) is 0 Å². The predicted octanol–water partition coefficient (Wildman–Crippen LogP) is 4.80. The van der Waals surface area contributed by atoms with Crippen molar-refractivity contribution in [1.29, 1.82) is 0 Å². The van der Waals surface area contributed by atoms with Crippen LogP contribution in [0.2, 0.25) is 0 Å². The first-order chi connectivity index (χ1) is 17.4. The molecule has 4 aromatic rings. The van der Waals surface area contributed by atoms with Crippen LogP contribution in [0.25, 0.3) is 0 Å². The minimum atomic E-state index is -0.516. The van der Waals surface area contributed by atoms with Gasteiger partial charge in [-0.15, -0.1) is 0 Å². The Bertz CT molecular complexity index is 1200. The molecular formula is C28H24N2O4Se2. The second-order valence-electron chi connectivity index (χ2n) is 7.87. The third-order valence-corrected chi connectivity index (χ3v) is 12.1. The van der Waals surface area contributed by atoms with Gasteiger partial charge in [0.25, 0.3) is 0 Å². The molecule has 0 atom stereocenters. The molecule has 0 aliphatic rings. The van der Waals surface area contributed by atoms with Gasteiger partial charge in [-0.2, -0.15) is 0 Å². The molecule has 182 valence electrons. The molecule has 0 saturated carbocycles. The summed E-state index contributed by atoms with van der Waals surface area (Å²) in [5.41, 5.74) is 3.58. The number of benzene rings is 4. The topological polar surface area (TPSA) is 76.7 Å². The van der Waals surface area contributed by atoms with E-state index in [1.807, 2.05) is 86.6 Å². The van der Waals surface area contributed by atoms with E-state index in [1.165, 1.54) is 8.92 Å². The molecular weight excluding hydrogens is 586 g/mol. The van der Waals surface area contributed by atoms with Crippen LogP contribution < -0.4 is 29.0 Å². The SMILES string of the molecule is Cc1ccc(OC(=O)Nc2ccc([Se][Se]c3ccc(NC(=O)Oc4ccc(C)cc4)cc3)cc2)cc1. The van der Waals surface area contributed by atoms with Crippen LogP contribution in [0.1, 0.15) is 11.1 Å². The van der Waals surface area contributed by atoms with Crippen molar-refractivity contribution in [3.8, 4) is 11.5 Å². The summed E-state index contributed by atoms with van der Waals surface area (Å²) in [5, 5.41) is 5.50. The van der Waals surface area contributed by atoms with Crippen molar-refractivity contribution in [2.24, 2.45) is 0 Å². The normalized spacial score (nSPS) is 10.4. The molecule has 0 radical (unpaired) electrons. The fourth-order valence-corrected chi connectivity index (χ4v) is 8.96. The third-order valence-electron chi connectivity index (χ3n) is 4.90. The van der Waals surface area contributed by atoms with E-state index in [9.17, 15) is 9.59 Å². The molecule has 0 aliphatic carbocycles. The van der Waals surface area contributed by atoms with Crippen LogP contribution in [0.4, 0.5) is 21.0 Å². The molecule has 0 unspecified atom stereocenters. The molecule has 0 aliphatic heterocycles. The number of carbonyl (C=O) groups excluding carboxylic acids is 2. The van der Waals surface area contributed by atoms with Gasteiger partial charge in [-0.1, -0.05) is 0 Å². The summed E-state index contributed by atoms with van der Waals surface area (Å²) < 4.78 is 13.1. The van der Waals surface area contributed by atoms with Gasteiger partial charge < -0.3 is 0 Å². The van der Waals surface area contributed by atoms with Gasteiger partial charge in [-0.3, -0.25) is 0 Å². The van der Waals surface area contributed by atoms with Crippen LogP contribution in [-0.2, 0) is 0 Å². The molecule has 0 saturated heterocycles. The van der Waals surface area contributed by atoms with Crippen LogP contribution in [-0.4, -0.2) is 38.4 Å². The molecule has 36 heavy (non-hydrogen) atoms. The Morgan fingerprint density at radius 2 is 0.861 bits per heavy atom. The number of aryl methyl sites for hydroxylation is 2. The standard InChI is InChI=1S/C28H24N2O4Se2/c1-19-3-11-23(12-4-19)33-27(31)29-21-7-15-25(16-8-21)35-36-26-17-9-22(10-18-26)30-28(32)34-24-13-5-20(2)6-14-24/h3-18H,1-2H3,(H,29,31)(H,30,32). The van der Waals surface area contributed by atoms with Crippen LogP contribution in [0.5, 0.6) is 11.5 Å². The number of ether oxygens (including phenoxy) is 2. The van der Waals surface area contributed by atoms with E-state index >= 15 is 0 Å². The Hall–Kier alpha value is -3.54. The molecule has 0 spiro atoms. The maximum absolute atomic E-state index is 12.1. The second-order valence-corrected chi connectivity index (χ2v) is 14.2. The van der Waals surface area contributed by atoms with E-state index in [1.54, 1.807) is 24.3 Å². The molecule has 0 bridgehead atoms. The van der Waals surface area contributed by atoms with E-state index < -0.39 is 12.2 Å².